The number of hydrogen-bond donors (Lipinski definition) is 1. The molecule has 0 bridgehead atoms. The maximum absolute atomic E-state index is 12.6. The zero-order chi connectivity index (χ0) is 21.0. The molecule has 1 aromatic heterocycles. The van der Waals surface area contributed by atoms with Crippen LogP contribution >= 0.6 is 11.3 Å². The summed E-state index contributed by atoms with van der Waals surface area (Å²) in [6, 6.07) is 0. The first-order valence-electron chi connectivity index (χ1n) is 10.3. The van der Waals surface area contributed by atoms with Crippen molar-refractivity contribution in [3.63, 3.8) is 0 Å². The van der Waals surface area contributed by atoms with Gasteiger partial charge in [0.25, 0.3) is 0 Å². The molecule has 160 valence electrons. The number of piperidine rings is 1. The van der Waals surface area contributed by atoms with Crippen molar-refractivity contribution in [3.8, 4) is 0 Å². The Morgan fingerprint density at radius 1 is 1.21 bits per heavy atom. The van der Waals surface area contributed by atoms with Crippen LogP contribution in [-0.4, -0.2) is 56.1 Å². The first kappa shape index (κ1) is 21.8. The molecule has 0 radical (unpaired) electrons. The molecule has 0 aromatic carbocycles. The van der Waals surface area contributed by atoms with E-state index in [2.05, 4.69) is 12.2 Å². The molecule has 1 unspecified atom stereocenters. The summed E-state index contributed by atoms with van der Waals surface area (Å²) < 4.78 is 10.1. The highest BCUT2D eigenvalue weighted by molar-refractivity contribution is 7.17. The number of hydrogen-bond acceptors (Lipinski definition) is 7. The predicted molar refractivity (Wildman–Crippen MR) is 111 cm³/mol. The van der Waals surface area contributed by atoms with E-state index < -0.39 is 0 Å². The number of nitrogens with zero attached hydrogens (tertiary/aromatic N) is 1. The van der Waals surface area contributed by atoms with E-state index >= 15 is 0 Å². The minimum Gasteiger partial charge on any atom is -0.466 e. The summed E-state index contributed by atoms with van der Waals surface area (Å²) in [6.45, 7) is 6.02. The Morgan fingerprint density at radius 3 is 2.59 bits per heavy atom. The Morgan fingerprint density at radius 2 is 1.93 bits per heavy atom. The number of carbonyl (C=O) groups excluding carboxylic acids is 3. The van der Waals surface area contributed by atoms with Gasteiger partial charge < -0.3 is 14.8 Å². The van der Waals surface area contributed by atoms with E-state index in [1.54, 1.807) is 0 Å². The molecule has 1 aliphatic heterocycles. The second-order valence-electron chi connectivity index (χ2n) is 7.90. The fraction of sp³-hybridized carbons (Fsp3) is 0.667. The largest absolute Gasteiger partial charge is 0.466 e. The van der Waals surface area contributed by atoms with Crippen molar-refractivity contribution in [1.29, 1.82) is 0 Å². The average molecular weight is 423 g/mol. The SMILES string of the molecule is CCOC(=O)C1CCN(CC(=O)Nc2sc3c(c2C(=O)OC)CCC(C)C3)CC1. The lowest BCUT2D eigenvalue weighted by molar-refractivity contribution is -0.149. The lowest BCUT2D eigenvalue weighted by atomic mass is 9.88. The third-order valence-electron chi connectivity index (χ3n) is 5.73. The van der Waals surface area contributed by atoms with Crippen molar-refractivity contribution in [3.05, 3.63) is 16.0 Å². The molecule has 1 aromatic rings. The summed E-state index contributed by atoms with van der Waals surface area (Å²) in [4.78, 5) is 40.1. The second kappa shape index (κ2) is 9.71. The molecule has 0 saturated carbocycles. The van der Waals surface area contributed by atoms with Crippen molar-refractivity contribution >= 4 is 34.2 Å². The molecular formula is C21H30N2O5S. The van der Waals surface area contributed by atoms with Crippen LogP contribution in [0.4, 0.5) is 5.00 Å². The van der Waals surface area contributed by atoms with Crippen LogP contribution in [0.15, 0.2) is 0 Å². The summed E-state index contributed by atoms with van der Waals surface area (Å²) in [5, 5.41) is 3.54. The highest BCUT2D eigenvalue weighted by Gasteiger charge is 2.30. The van der Waals surface area contributed by atoms with Gasteiger partial charge in [0.15, 0.2) is 0 Å². The van der Waals surface area contributed by atoms with Gasteiger partial charge in [-0.15, -0.1) is 11.3 Å². The average Bonchev–Trinajstić information content (AvgIpc) is 3.04. The quantitative estimate of drug-likeness (QED) is 0.710. The molecule has 8 heteroatoms. The second-order valence-corrected chi connectivity index (χ2v) is 9.00. The molecule has 1 aliphatic carbocycles. The van der Waals surface area contributed by atoms with Gasteiger partial charge >= 0.3 is 11.9 Å². The molecule has 1 fully saturated rings. The van der Waals surface area contributed by atoms with Gasteiger partial charge in [-0.05, 0) is 63.6 Å². The zero-order valence-corrected chi connectivity index (χ0v) is 18.2. The van der Waals surface area contributed by atoms with Crippen LogP contribution in [-0.2, 0) is 31.9 Å². The maximum Gasteiger partial charge on any atom is 0.341 e. The van der Waals surface area contributed by atoms with E-state index in [1.807, 2.05) is 11.8 Å². The van der Waals surface area contributed by atoms with Crippen molar-refractivity contribution in [2.24, 2.45) is 11.8 Å². The minimum absolute atomic E-state index is 0.0776. The molecule has 1 N–H and O–H groups in total. The van der Waals surface area contributed by atoms with Gasteiger partial charge in [0, 0.05) is 4.88 Å². The molecule has 0 spiro atoms. The lowest BCUT2D eigenvalue weighted by Crippen LogP contribution is -2.41. The molecule has 29 heavy (non-hydrogen) atoms. The molecule has 2 heterocycles. The molecule has 2 aliphatic rings. The third-order valence-corrected chi connectivity index (χ3v) is 6.90. The van der Waals surface area contributed by atoms with Crippen LogP contribution < -0.4 is 5.32 Å². The smallest absolute Gasteiger partial charge is 0.341 e. The third kappa shape index (κ3) is 5.17. The van der Waals surface area contributed by atoms with E-state index in [-0.39, 0.29) is 30.3 Å². The van der Waals surface area contributed by atoms with Gasteiger partial charge in [-0.1, -0.05) is 6.92 Å². The minimum atomic E-state index is -0.386. The Kier molecular flexibility index (Phi) is 7.29. The van der Waals surface area contributed by atoms with E-state index in [1.165, 1.54) is 23.3 Å². The van der Waals surface area contributed by atoms with E-state index in [0.717, 1.165) is 24.8 Å². The number of rotatable bonds is 6. The summed E-state index contributed by atoms with van der Waals surface area (Å²) >= 11 is 1.50. The number of methoxy groups -OCH3 is 1. The molecule has 7 nitrogen and oxygen atoms in total. The van der Waals surface area contributed by atoms with Gasteiger partial charge in [-0.3, -0.25) is 14.5 Å². The van der Waals surface area contributed by atoms with Gasteiger partial charge in [0.2, 0.25) is 5.91 Å². The van der Waals surface area contributed by atoms with Crippen LogP contribution in [0.3, 0.4) is 0 Å². The topological polar surface area (TPSA) is 84.9 Å². The molecule has 1 atom stereocenters. The lowest BCUT2D eigenvalue weighted by Gasteiger charge is -2.30. The number of fused-ring (bicyclic) bond motifs is 1. The Balaban J connectivity index is 1.61. The Labute approximate surface area is 175 Å². The summed E-state index contributed by atoms with van der Waals surface area (Å²) in [5.41, 5.74) is 1.55. The molecular weight excluding hydrogens is 392 g/mol. The standard InChI is InChI=1S/C21H30N2O5S/c1-4-28-20(25)14-7-9-23(10-8-14)12-17(24)22-19-18(21(26)27-3)15-6-5-13(2)11-16(15)29-19/h13-14H,4-12H2,1-3H3,(H,22,24). The summed E-state index contributed by atoms with van der Waals surface area (Å²) in [5.74, 6) is -0.168. The zero-order valence-electron chi connectivity index (χ0n) is 17.4. The molecule has 1 amide bonds. The van der Waals surface area contributed by atoms with Crippen LogP contribution in [0, 0.1) is 11.8 Å². The summed E-state index contributed by atoms with van der Waals surface area (Å²) in [7, 11) is 1.37. The van der Waals surface area contributed by atoms with Crippen molar-refractivity contribution in [1.82, 2.24) is 4.90 Å². The predicted octanol–water partition coefficient (Wildman–Crippen LogP) is 2.87. The molecule has 3 rings (SSSR count). The number of ether oxygens (including phenoxy) is 2. The first-order chi connectivity index (χ1) is 13.9. The van der Waals surface area contributed by atoms with E-state index in [9.17, 15) is 14.4 Å². The normalized spacial score (nSPS) is 20.0. The first-order valence-corrected chi connectivity index (χ1v) is 11.2. The fourth-order valence-electron chi connectivity index (χ4n) is 4.11. The highest BCUT2D eigenvalue weighted by Crippen LogP contribution is 2.40. The number of thiophene rings is 1. The van der Waals surface area contributed by atoms with Gasteiger partial charge in [-0.2, -0.15) is 0 Å². The van der Waals surface area contributed by atoms with E-state index in [4.69, 9.17) is 9.47 Å². The van der Waals surface area contributed by atoms with Crippen LogP contribution in [0.1, 0.15) is 53.9 Å². The monoisotopic (exact) mass is 422 g/mol. The number of esters is 2. The Bertz CT molecular complexity index is 767. The fourth-order valence-corrected chi connectivity index (χ4v) is 5.53. The number of amides is 1. The van der Waals surface area contributed by atoms with Crippen molar-refractivity contribution in [2.45, 2.75) is 46.0 Å². The number of anilines is 1. The van der Waals surface area contributed by atoms with Crippen LogP contribution in [0.25, 0.3) is 0 Å². The van der Waals surface area contributed by atoms with Gasteiger partial charge in [0.05, 0.1) is 31.7 Å². The van der Waals surface area contributed by atoms with Crippen molar-refractivity contribution in [2.75, 3.05) is 38.7 Å². The summed E-state index contributed by atoms with van der Waals surface area (Å²) in [6.07, 6.45) is 4.21. The highest BCUT2D eigenvalue weighted by atomic mass is 32.1. The number of carbonyl (C=O) groups is 3. The maximum atomic E-state index is 12.6. The number of likely N-dealkylation sites (tertiary alicyclic amines) is 1. The van der Waals surface area contributed by atoms with E-state index in [0.29, 0.717) is 49.0 Å². The van der Waals surface area contributed by atoms with Crippen LogP contribution in [0.5, 0.6) is 0 Å². The number of nitrogens with one attached hydrogen (secondary N) is 1. The van der Waals surface area contributed by atoms with Gasteiger partial charge in [-0.25, -0.2) is 4.79 Å². The van der Waals surface area contributed by atoms with Gasteiger partial charge in [0.1, 0.15) is 5.00 Å². The Hall–Kier alpha value is -1.93. The van der Waals surface area contributed by atoms with Crippen LogP contribution in [0.2, 0.25) is 0 Å². The molecule has 1 saturated heterocycles. The van der Waals surface area contributed by atoms with Crippen molar-refractivity contribution < 1.29 is 23.9 Å².